The highest BCUT2D eigenvalue weighted by Crippen LogP contribution is 2.25. The van der Waals surface area contributed by atoms with Crippen molar-refractivity contribution >= 4 is 22.3 Å². The number of H-pyrrole nitrogens is 1. The Balaban J connectivity index is 1.50. The molecule has 0 radical (unpaired) electrons. The zero-order valence-corrected chi connectivity index (χ0v) is 13.4. The number of fused-ring (bicyclic) bond motifs is 1. The van der Waals surface area contributed by atoms with Gasteiger partial charge in [-0.25, -0.2) is 0 Å². The van der Waals surface area contributed by atoms with Crippen LogP contribution in [0.1, 0.15) is 18.4 Å². The highest BCUT2D eigenvalue weighted by atomic mass is 15.2. The van der Waals surface area contributed by atoms with Crippen LogP contribution in [0.3, 0.4) is 0 Å². The van der Waals surface area contributed by atoms with Gasteiger partial charge in [-0.2, -0.15) is 5.10 Å². The SMILES string of the molecule is Cc1ccccc1N1CCCC(Nc2ccc3cn[nH]c3c2)C1. The summed E-state index contributed by atoms with van der Waals surface area (Å²) in [7, 11) is 0. The summed E-state index contributed by atoms with van der Waals surface area (Å²) in [4.78, 5) is 2.51. The summed E-state index contributed by atoms with van der Waals surface area (Å²) in [6, 6.07) is 15.5. The molecule has 23 heavy (non-hydrogen) atoms. The molecule has 1 saturated heterocycles. The largest absolute Gasteiger partial charge is 0.380 e. The van der Waals surface area contributed by atoms with Crippen LogP contribution in [0.15, 0.2) is 48.7 Å². The average Bonchev–Trinajstić information content (AvgIpc) is 3.03. The maximum atomic E-state index is 4.09. The second-order valence-electron chi connectivity index (χ2n) is 6.39. The molecule has 2 aromatic carbocycles. The summed E-state index contributed by atoms with van der Waals surface area (Å²) < 4.78 is 0. The zero-order chi connectivity index (χ0) is 15.6. The number of anilines is 2. The summed E-state index contributed by atoms with van der Waals surface area (Å²) in [6.45, 7) is 4.38. The van der Waals surface area contributed by atoms with Gasteiger partial charge in [-0.1, -0.05) is 18.2 Å². The molecule has 4 rings (SSSR count). The van der Waals surface area contributed by atoms with Gasteiger partial charge < -0.3 is 10.2 Å². The Kier molecular flexibility index (Phi) is 3.66. The maximum Gasteiger partial charge on any atom is 0.0670 e. The molecule has 4 nitrogen and oxygen atoms in total. The van der Waals surface area contributed by atoms with Gasteiger partial charge in [0, 0.05) is 35.9 Å². The number of benzene rings is 2. The number of para-hydroxylation sites is 1. The molecular weight excluding hydrogens is 284 g/mol. The van der Waals surface area contributed by atoms with E-state index in [2.05, 4.69) is 69.8 Å². The number of rotatable bonds is 3. The second-order valence-corrected chi connectivity index (χ2v) is 6.39. The molecule has 1 aliphatic rings. The van der Waals surface area contributed by atoms with Crippen molar-refractivity contribution in [3.05, 3.63) is 54.2 Å². The predicted molar refractivity (Wildman–Crippen MR) is 96.1 cm³/mol. The van der Waals surface area contributed by atoms with Crippen molar-refractivity contribution in [2.45, 2.75) is 25.8 Å². The van der Waals surface area contributed by atoms with Crippen LogP contribution in [0.2, 0.25) is 0 Å². The van der Waals surface area contributed by atoms with Gasteiger partial charge in [0.1, 0.15) is 0 Å². The van der Waals surface area contributed by atoms with Crippen molar-refractivity contribution in [1.82, 2.24) is 10.2 Å². The Morgan fingerprint density at radius 3 is 3.04 bits per heavy atom. The fraction of sp³-hybridized carbons (Fsp3) is 0.316. The number of hydrogen-bond donors (Lipinski definition) is 2. The van der Waals surface area contributed by atoms with E-state index in [0.29, 0.717) is 6.04 Å². The average molecular weight is 306 g/mol. The van der Waals surface area contributed by atoms with Crippen molar-refractivity contribution in [2.24, 2.45) is 0 Å². The molecule has 4 heteroatoms. The van der Waals surface area contributed by atoms with E-state index < -0.39 is 0 Å². The molecule has 1 unspecified atom stereocenters. The van der Waals surface area contributed by atoms with E-state index in [1.807, 2.05) is 6.20 Å². The molecule has 1 aromatic heterocycles. The number of nitrogens with zero attached hydrogens (tertiary/aromatic N) is 2. The quantitative estimate of drug-likeness (QED) is 0.770. The third-order valence-corrected chi connectivity index (χ3v) is 4.69. The zero-order valence-electron chi connectivity index (χ0n) is 13.4. The minimum Gasteiger partial charge on any atom is -0.380 e. The van der Waals surface area contributed by atoms with E-state index in [9.17, 15) is 0 Å². The summed E-state index contributed by atoms with van der Waals surface area (Å²) in [6.07, 6.45) is 4.29. The lowest BCUT2D eigenvalue weighted by Gasteiger charge is -2.36. The van der Waals surface area contributed by atoms with Gasteiger partial charge in [-0.15, -0.1) is 0 Å². The Morgan fingerprint density at radius 1 is 1.22 bits per heavy atom. The van der Waals surface area contributed by atoms with Crippen LogP contribution in [-0.2, 0) is 0 Å². The topological polar surface area (TPSA) is 44.0 Å². The molecular formula is C19H22N4. The molecule has 2 N–H and O–H groups in total. The van der Waals surface area contributed by atoms with Crippen molar-refractivity contribution < 1.29 is 0 Å². The van der Waals surface area contributed by atoms with Crippen molar-refractivity contribution in [1.29, 1.82) is 0 Å². The van der Waals surface area contributed by atoms with E-state index in [4.69, 9.17) is 0 Å². The summed E-state index contributed by atoms with van der Waals surface area (Å²) in [5, 5.41) is 12.0. The first-order valence-electron chi connectivity index (χ1n) is 8.30. The lowest BCUT2D eigenvalue weighted by Crippen LogP contribution is -2.42. The molecule has 118 valence electrons. The third-order valence-electron chi connectivity index (χ3n) is 4.69. The van der Waals surface area contributed by atoms with Crippen LogP contribution in [0, 0.1) is 6.92 Å². The Hall–Kier alpha value is -2.49. The molecule has 2 heterocycles. The van der Waals surface area contributed by atoms with Gasteiger partial charge >= 0.3 is 0 Å². The van der Waals surface area contributed by atoms with E-state index in [0.717, 1.165) is 24.0 Å². The summed E-state index contributed by atoms with van der Waals surface area (Å²) >= 11 is 0. The number of nitrogens with one attached hydrogen (secondary N) is 2. The number of hydrogen-bond acceptors (Lipinski definition) is 3. The van der Waals surface area contributed by atoms with Gasteiger partial charge in [0.15, 0.2) is 0 Å². The van der Waals surface area contributed by atoms with Gasteiger partial charge in [-0.3, -0.25) is 5.10 Å². The Bertz CT molecular complexity index is 808. The van der Waals surface area contributed by atoms with Crippen molar-refractivity contribution in [3.63, 3.8) is 0 Å². The molecule has 0 saturated carbocycles. The number of aromatic amines is 1. The first-order chi connectivity index (χ1) is 11.3. The van der Waals surface area contributed by atoms with Crippen LogP contribution in [0.25, 0.3) is 10.9 Å². The molecule has 0 bridgehead atoms. The fourth-order valence-corrected chi connectivity index (χ4v) is 3.49. The Labute approximate surface area is 136 Å². The molecule has 1 aliphatic heterocycles. The third kappa shape index (κ3) is 2.89. The summed E-state index contributed by atoms with van der Waals surface area (Å²) in [5.74, 6) is 0. The van der Waals surface area contributed by atoms with Gasteiger partial charge in [0.25, 0.3) is 0 Å². The number of aryl methyl sites for hydroxylation is 1. The molecule has 1 fully saturated rings. The number of aromatic nitrogens is 2. The van der Waals surface area contributed by atoms with Crippen LogP contribution < -0.4 is 10.2 Å². The highest BCUT2D eigenvalue weighted by Gasteiger charge is 2.21. The second kappa shape index (κ2) is 5.95. The molecule has 1 atom stereocenters. The normalized spacial score (nSPS) is 18.3. The van der Waals surface area contributed by atoms with Crippen LogP contribution >= 0.6 is 0 Å². The van der Waals surface area contributed by atoms with Gasteiger partial charge in [0.05, 0.1) is 11.7 Å². The smallest absolute Gasteiger partial charge is 0.0670 e. The van der Waals surface area contributed by atoms with Crippen molar-refractivity contribution in [2.75, 3.05) is 23.3 Å². The van der Waals surface area contributed by atoms with Gasteiger partial charge in [-0.05, 0) is 49.6 Å². The van der Waals surface area contributed by atoms with E-state index >= 15 is 0 Å². The van der Waals surface area contributed by atoms with Gasteiger partial charge in [0.2, 0.25) is 0 Å². The van der Waals surface area contributed by atoms with E-state index in [1.54, 1.807) is 0 Å². The monoisotopic (exact) mass is 306 g/mol. The predicted octanol–water partition coefficient (Wildman–Crippen LogP) is 3.95. The molecule has 3 aromatic rings. The van der Waals surface area contributed by atoms with Crippen molar-refractivity contribution in [3.8, 4) is 0 Å². The Morgan fingerprint density at radius 2 is 2.13 bits per heavy atom. The highest BCUT2D eigenvalue weighted by molar-refractivity contribution is 5.81. The van der Waals surface area contributed by atoms with E-state index in [1.165, 1.54) is 29.8 Å². The lowest BCUT2D eigenvalue weighted by atomic mass is 10.0. The minimum absolute atomic E-state index is 0.476. The molecule has 0 aliphatic carbocycles. The van der Waals surface area contributed by atoms with Crippen LogP contribution in [0.5, 0.6) is 0 Å². The lowest BCUT2D eigenvalue weighted by molar-refractivity contribution is 0.529. The standard InChI is InChI=1S/C19H22N4/c1-14-5-2-3-7-19(14)23-10-4-6-17(13-23)21-16-9-8-15-12-20-22-18(15)11-16/h2-3,5,7-9,11-12,17,21H,4,6,10,13H2,1H3,(H,20,22). The van der Waals surface area contributed by atoms with E-state index in [-0.39, 0.29) is 0 Å². The van der Waals surface area contributed by atoms with Crippen LogP contribution in [0.4, 0.5) is 11.4 Å². The summed E-state index contributed by atoms with van der Waals surface area (Å²) in [5.41, 5.74) is 4.97. The fourth-order valence-electron chi connectivity index (χ4n) is 3.49. The maximum absolute atomic E-state index is 4.09. The first kappa shape index (κ1) is 14.1. The molecule has 0 spiro atoms. The number of piperidine rings is 1. The minimum atomic E-state index is 0.476. The first-order valence-corrected chi connectivity index (χ1v) is 8.30. The molecule has 0 amide bonds. The van der Waals surface area contributed by atoms with Crippen LogP contribution in [-0.4, -0.2) is 29.3 Å².